The summed E-state index contributed by atoms with van der Waals surface area (Å²) in [5.41, 5.74) is 21.5. The van der Waals surface area contributed by atoms with Gasteiger partial charge in [0.2, 0.25) is 0 Å². The monoisotopic (exact) mass is 1140 g/mol. The van der Waals surface area contributed by atoms with Gasteiger partial charge in [-0.2, -0.15) is 0 Å². The van der Waals surface area contributed by atoms with Gasteiger partial charge in [0.25, 0.3) is 0 Å². The highest BCUT2D eigenvalue weighted by Crippen LogP contribution is 2.59. The zero-order valence-electron chi connectivity index (χ0n) is 49.0. The van der Waals surface area contributed by atoms with Crippen molar-refractivity contribution >= 4 is 34.1 Å². The smallest absolute Gasteiger partial charge is 0.125 e. The molecule has 0 aliphatic heterocycles. The van der Waals surface area contributed by atoms with Crippen LogP contribution in [0.2, 0.25) is 0 Å². The molecule has 0 aromatic heterocycles. The second-order valence-electron chi connectivity index (χ2n) is 22.8. The summed E-state index contributed by atoms with van der Waals surface area (Å²) < 4.78 is 43.1. The lowest BCUT2D eigenvalue weighted by atomic mass is 9.67. The van der Waals surface area contributed by atoms with E-state index in [1.807, 2.05) is 36.4 Å². The average Bonchev–Trinajstić information content (AvgIpc) is 1.54. The Labute approximate surface area is 513 Å². The van der Waals surface area contributed by atoms with E-state index in [2.05, 4.69) is 243 Å². The first-order chi connectivity index (χ1) is 43.1. The van der Waals surface area contributed by atoms with Crippen LogP contribution in [-0.2, 0) is 10.8 Å². The molecule has 88 heavy (non-hydrogen) atoms. The van der Waals surface area contributed by atoms with Crippen LogP contribution in [0.3, 0.4) is 0 Å². The van der Waals surface area contributed by atoms with Crippen molar-refractivity contribution in [3.8, 4) is 44.9 Å². The molecule has 4 nitrogen and oxygen atoms in total. The molecule has 0 radical (unpaired) electrons. The predicted octanol–water partition coefficient (Wildman–Crippen LogP) is 21.0. The Morgan fingerprint density at radius 2 is 0.659 bits per heavy atom. The summed E-state index contributed by atoms with van der Waals surface area (Å²) in [6.45, 7) is 12.8. The number of aryl methyl sites for hydroxylation is 2. The van der Waals surface area contributed by atoms with E-state index in [1.165, 1.54) is 34.4 Å². The molecule has 0 saturated carbocycles. The van der Waals surface area contributed by atoms with E-state index < -0.39 is 10.8 Å². The Morgan fingerprint density at radius 3 is 1.02 bits per heavy atom. The highest BCUT2D eigenvalue weighted by atomic mass is 19.1. The third kappa shape index (κ3) is 9.45. The van der Waals surface area contributed by atoms with Crippen LogP contribution in [0.15, 0.2) is 304 Å². The molecule has 14 rings (SSSR count). The normalized spacial score (nSPS) is 15.1. The lowest BCUT2D eigenvalue weighted by Gasteiger charge is -2.35. The summed E-state index contributed by atoms with van der Waals surface area (Å²) >= 11 is 0. The first-order valence-electron chi connectivity index (χ1n) is 29.8. The number of hydrogen-bond acceptors (Lipinski definition) is 4. The minimum absolute atomic E-state index is 0.330. The van der Waals surface area contributed by atoms with E-state index in [1.54, 1.807) is 36.4 Å². The second kappa shape index (κ2) is 22.9. The second-order valence-corrected chi connectivity index (χ2v) is 22.8. The number of hydrogen-bond donors (Lipinski definition) is 0. The lowest BCUT2D eigenvalue weighted by molar-refractivity contribution is 0.363. The molecule has 0 N–H and O–H groups in total. The van der Waals surface area contributed by atoms with Crippen molar-refractivity contribution in [1.82, 2.24) is 0 Å². The van der Waals surface area contributed by atoms with E-state index in [0.29, 0.717) is 24.6 Å². The Bertz CT molecular complexity index is 4280. The highest BCUT2D eigenvalue weighted by Gasteiger charge is 2.48. The minimum Gasteiger partial charge on any atom is -0.490 e. The summed E-state index contributed by atoms with van der Waals surface area (Å²) in [6, 6.07) is 95.8. The maximum absolute atomic E-state index is 15.6. The van der Waals surface area contributed by atoms with Crippen LogP contribution in [0.1, 0.15) is 55.6 Å². The maximum Gasteiger partial charge on any atom is 0.125 e. The van der Waals surface area contributed by atoms with Crippen molar-refractivity contribution in [2.45, 2.75) is 24.7 Å². The number of fused-ring (bicyclic) bond motifs is 6. The van der Waals surface area contributed by atoms with E-state index in [0.717, 1.165) is 101 Å². The summed E-state index contributed by atoms with van der Waals surface area (Å²) in [4.78, 5) is 4.28. The van der Waals surface area contributed by atoms with Crippen molar-refractivity contribution < 1.29 is 18.3 Å². The van der Waals surface area contributed by atoms with Gasteiger partial charge >= 0.3 is 0 Å². The fourth-order valence-corrected chi connectivity index (χ4v) is 13.6. The zero-order chi connectivity index (χ0) is 59.9. The van der Waals surface area contributed by atoms with Crippen LogP contribution in [-0.4, -0.2) is 13.2 Å². The van der Waals surface area contributed by atoms with Gasteiger partial charge < -0.3 is 19.3 Å². The molecule has 2 atom stereocenters. The number of halogens is 2. The topological polar surface area (TPSA) is 24.9 Å². The largest absolute Gasteiger partial charge is 0.490 e. The maximum atomic E-state index is 15.6. The first kappa shape index (κ1) is 55.1. The third-order valence-corrected chi connectivity index (χ3v) is 17.6. The van der Waals surface area contributed by atoms with Gasteiger partial charge in [0, 0.05) is 34.1 Å². The van der Waals surface area contributed by atoms with Crippen LogP contribution < -0.4 is 19.3 Å². The predicted molar refractivity (Wildman–Crippen MR) is 357 cm³/mol. The Hall–Kier alpha value is -10.8. The quantitative estimate of drug-likeness (QED) is 0.0849. The fourth-order valence-electron chi connectivity index (χ4n) is 13.6. The molecule has 6 heteroatoms. The Kier molecular flexibility index (Phi) is 14.3. The molecule has 0 bridgehead atoms. The van der Waals surface area contributed by atoms with Crippen LogP contribution >= 0.6 is 0 Å². The van der Waals surface area contributed by atoms with Crippen LogP contribution in [0.4, 0.5) is 42.9 Å². The van der Waals surface area contributed by atoms with Gasteiger partial charge in [0.15, 0.2) is 0 Å². The van der Waals surface area contributed by atoms with Crippen LogP contribution in [0, 0.1) is 25.5 Å². The summed E-state index contributed by atoms with van der Waals surface area (Å²) in [6.07, 6.45) is 3.50. The van der Waals surface area contributed by atoms with E-state index in [9.17, 15) is 0 Å². The SMILES string of the molecule is C=CCOc1ccc(C2(c3ccc(C)cc3)c3ccccc3-c3ccc(N(c4ccc(-c5ccc(N(c6cccc(F)c6)c6ccc7c(c6)C(c6ccc(C)cc6)(c6ccc(OCC=C)cc6)c6ccccc6-7)cc5)cc4)c4cccc(F)c4)cc32)cc1. The standard InChI is InChI=1S/C82H62F2N2O2/c1-5-49-87-71-43-33-61(34-44-71)81(59-29-21-55(3)22-30-59)77-19-9-7-17-73(77)75-47-41-69(53-79(75)81)85(67-15-11-13-63(83)51-67)65-37-25-57(26-38-65)58-27-39-66(40-28-58)86(68-16-12-14-64(84)52-68)70-42-48-76-74-18-8-10-20-78(74)82(80(76)54-70,60-31-23-56(4)24-32-60)62-35-45-72(46-36-62)88-50-6-2/h5-48,51-54H,1-2,49-50H2,3-4H3. The van der Waals surface area contributed by atoms with Gasteiger partial charge in [-0.25, -0.2) is 8.78 Å². The third-order valence-electron chi connectivity index (χ3n) is 17.6. The summed E-state index contributed by atoms with van der Waals surface area (Å²) in [5.74, 6) is 0.873. The van der Waals surface area contributed by atoms with Crippen molar-refractivity contribution in [3.63, 3.8) is 0 Å². The molecule has 2 aliphatic carbocycles. The fraction of sp³-hybridized carbons (Fsp3) is 0.0732. The molecule has 0 amide bonds. The average molecular weight is 1150 g/mol. The molecule has 12 aromatic carbocycles. The molecule has 0 saturated heterocycles. The lowest BCUT2D eigenvalue weighted by Crippen LogP contribution is -2.28. The first-order valence-corrected chi connectivity index (χ1v) is 29.8. The molecule has 426 valence electrons. The van der Waals surface area contributed by atoms with Crippen molar-refractivity contribution in [3.05, 3.63) is 372 Å². The number of rotatable bonds is 17. The molecular weight excluding hydrogens is 1080 g/mol. The van der Waals surface area contributed by atoms with Gasteiger partial charge in [-0.3, -0.25) is 0 Å². The van der Waals surface area contributed by atoms with Crippen LogP contribution in [0.25, 0.3) is 33.4 Å². The van der Waals surface area contributed by atoms with Crippen molar-refractivity contribution in [2.24, 2.45) is 0 Å². The molecule has 2 unspecified atom stereocenters. The van der Waals surface area contributed by atoms with Gasteiger partial charge in [-0.1, -0.05) is 206 Å². The number of benzene rings is 12. The minimum atomic E-state index is -0.701. The zero-order valence-corrected chi connectivity index (χ0v) is 49.0. The highest BCUT2D eigenvalue weighted by molar-refractivity contribution is 5.92. The molecule has 12 aromatic rings. The van der Waals surface area contributed by atoms with Crippen molar-refractivity contribution in [2.75, 3.05) is 23.0 Å². The van der Waals surface area contributed by atoms with E-state index >= 15 is 8.78 Å². The van der Waals surface area contributed by atoms with Crippen molar-refractivity contribution in [1.29, 1.82) is 0 Å². The number of ether oxygens (including phenoxy) is 2. The van der Waals surface area contributed by atoms with Gasteiger partial charge in [-0.15, -0.1) is 0 Å². The Morgan fingerprint density at radius 1 is 0.330 bits per heavy atom. The summed E-state index contributed by atoms with van der Waals surface area (Å²) in [5, 5.41) is 0. The summed E-state index contributed by atoms with van der Waals surface area (Å²) in [7, 11) is 0. The number of anilines is 6. The number of nitrogens with zero attached hydrogens (tertiary/aromatic N) is 2. The molecule has 0 spiro atoms. The van der Waals surface area contributed by atoms with Gasteiger partial charge in [-0.05, 0) is 201 Å². The van der Waals surface area contributed by atoms with Gasteiger partial charge in [0.05, 0.1) is 10.8 Å². The molecule has 2 aliphatic rings. The van der Waals surface area contributed by atoms with E-state index in [4.69, 9.17) is 9.47 Å². The molecule has 0 heterocycles. The van der Waals surface area contributed by atoms with Gasteiger partial charge in [0.1, 0.15) is 36.3 Å². The Balaban J connectivity index is 0.853. The van der Waals surface area contributed by atoms with E-state index in [-0.39, 0.29) is 11.6 Å². The van der Waals surface area contributed by atoms with Crippen LogP contribution in [0.5, 0.6) is 11.5 Å². The molecule has 0 fully saturated rings. The molecular formula is C82H62F2N2O2.